The van der Waals surface area contributed by atoms with Crippen LogP contribution in [0.4, 0.5) is 0 Å². The maximum Gasteiger partial charge on any atom is 0.251 e. The molecule has 0 saturated carbocycles. The van der Waals surface area contributed by atoms with E-state index in [4.69, 9.17) is 10.5 Å². The van der Waals surface area contributed by atoms with Gasteiger partial charge in [-0.05, 0) is 31.5 Å². The van der Waals surface area contributed by atoms with Gasteiger partial charge in [0.1, 0.15) is 0 Å². The standard InChI is InChI=1S/C13H20N2O2/c1-3-17-10(2)9-15-13(16)12-6-4-11(8-14)5-7-12/h4-7,10H,3,8-9,14H2,1-2H3,(H,15,16). The molecule has 1 atom stereocenters. The van der Waals surface area contributed by atoms with Crippen LogP contribution in [0.1, 0.15) is 29.8 Å². The predicted molar refractivity (Wildman–Crippen MR) is 67.8 cm³/mol. The number of amides is 1. The molecule has 1 amide bonds. The summed E-state index contributed by atoms with van der Waals surface area (Å²) in [6.07, 6.45) is 0.0345. The van der Waals surface area contributed by atoms with Crippen LogP contribution in [-0.4, -0.2) is 25.2 Å². The first-order valence-corrected chi connectivity index (χ1v) is 5.86. The number of carbonyl (C=O) groups excluding carboxylic acids is 1. The van der Waals surface area contributed by atoms with Crippen molar-refractivity contribution in [2.24, 2.45) is 5.73 Å². The van der Waals surface area contributed by atoms with Gasteiger partial charge in [-0.3, -0.25) is 4.79 Å². The van der Waals surface area contributed by atoms with E-state index < -0.39 is 0 Å². The third-order valence-electron chi connectivity index (χ3n) is 2.45. The molecule has 0 aliphatic carbocycles. The molecule has 1 rings (SSSR count). The Labute approximate surface area is 102 Å². The van der Waals surface area contributed by atoms with E-state index in [0.29, 0.717) is 25.3 Å². The summed E-state index contributed by atoms with van der Waals surface area (Å²) < 4.78 is 5.33. The van der Waals surface area contributed by atoms with Gasteiger partial charge in [0.15, 0.2) is 0 Å². The van der Waals surface area contributed by atoms with Crippen LogP contribution < -0.4 is 11.1 Å². The number of carbonyl (C=O) groups is 1. The number of rotatable bonds is 6. The van der Waals surface area contributed by atoms with E-state index in [1.54, 1.807) is 12.1 Å². The van der Waals surface area contributed by atoms with Crippen molar-refractivity contribution in [1.82, 2.24) is 5.32 Å². The first-order chi connectivity index (χ1) is 8.17. The number of benzene rings is 1. The molecule has 0 heterocycles. The van der Waals surface area contributed by atoms with Crippen LogP contribution in [-0.2, 0) is 11.3 Å². The van der Waals surface area contributed by atoms with Gasteiger partial charge in [0.05, 0.1) is 6.10 Å². The monoisotopic (exact) mass is 236 g/mol. The van der Waals surface area contributed by atoms with Crippen LogP contribution in [0.5, 0.6) is 0 Å². The van der Waals surface area contributed by atoms with Crippen molar-refractivity contribution in [3.63, 3.8) is 0 Å². The van der Waals surface area contributed by atoms with Crippen molar-refractivity contribution in [3.8, 4) is 0 Å². The van der Waals surface area contributed by atoms with Crippen LogP contribution in [0.2, 0.25) is 0 Å². The Kier molecular flexibility index (Phi) is 5.66. The first-order valence-electron chi connectivity index (χ1n) is 5.86. The molecular weight excluding hydrogens is 216 g/mol. The van der Waals surface area contributed by atoms with E-state index in [1.165, 1.54) is 0 Å². The number of nitrogens with one attached hydrogen (secondary N) is 1. The van der Waals surface area contributed by atoms with E-state index in [-0.39, 0.29) is 12.0 Å². The largest absolute Gasteiger partial charge is 0.377 e. The molecule has 0 aliphatic heterocycles. The lowest BCUT2D eigenvalue weighted by atomic mass is 10.1. The lowest BCUT2D eigenvalue weighted by Gasteiger charge is -2.12. The van der Waals surface area contributed by atoms with Gasteiger partial charge in [-0.1, -0.05) is 12.1 Å². The summed E-state index contributed by atoms with van der Waals surface area (Å²) in [4.78, 5) is 11.8. The Bertz CT molecular complexity index is 349. The summed E-state index contributed by atoms with van der Waals surface area (Å²) in [6, 6.07) is 7.29. The maximum absolute atomic E-state index is 11.8. The second kappa shape index (κ2) is 7.04. The highest BCUT2D eigenvalue weighted by Gasteiger charge is 2.07. The highest BCUT2D eigenvalue weighted by Crippen LogP contribution is 2.03. The quantitative estimate of drug-likeness (QED) is 0.782. The molecule has 3 N–H and O–H groups in total. The van der Waals surface area contributed by atoms with Crippen LogP contribution >= 0.6 is 0 Å². The second-order valence-electron chi connectivity index (χ2n) is 3.88. The minimum atomic E-state index is -0.0832. The average molecular weight is 236 g/mol. The molecule has 1 aromatic rings. The third kappa shape index (κ3) is 4.54. The minimum absolute atomic E-state index is 0.0345. The minimum Gasteiger partial charge on any atom is -0.377 e. The van der Waals surface area contributed by atoms with Crippen molar-refractivity contribution in [3.05, 3.63) is 35.4 Å². The summed E-state index contributed by atoms with van der Waals surface area (Å²) in [6.45, 7) is 5.53. The molecular formula is C13H20N2O2. The molecule has 0 aliphatic rings. The molecule has 4 heteroatoms. The van der Waals surface area contributed by atoms with Crippen LogP contribution in [0.25, 0.3) is 0 Å². The fourth-order valence-electron chi connectivity index (χ4n) is 1.47. The van der Waals surface area contributed by atoms with Crippen molar-refractivity contribution in [2.45, 2.75) is 26.5 Å². The lowest BCUT2D eigenvalue weighted by molar-refractivity contribution is 0.0695. The van der Waals surface area contributed by atoms with Crippen molar-refractivity contribution in [1.29, 1.82) is 0 Å². The Morgan fingerprint density at radius 1 is 1.41 bits per heavy atom. The zero-order chi connectivity index (χ0) is 12.7. The number of hydrogen-bond acceptors (Lipinski definition) is 3. The molecule has 0 radical (unpaired) electrons. The summed E-state index contributed by atoms with van der Waals surface area (Å²) in [5.41, 5.74) is 7.15. The number of ether oxygens (including phenoxy) is 1. The smallest absolute Gasteiger partial charge is 0.251 e. The zero-order valence-electron chi connectivity index (χ0n) is 10.4. The van der Waals surface area contributed by atoms with Crippen LogP contribution in [0, 0.1) is 0 Å². The van der Waals surface area contributed by atoms with Gasteiger partial charge in [0.2, 0.25) is 0 Å². The van der Waals surface area contributed by atoms with E-state index >= 15 is 0 Å². The van der Waals surface area contributed by atoms with Crippen molar-refractivity contribution >= 4 is 5.91 Å². The first kappa shape index (κ1) is 13.7. The van der Waals surface area contributed by atoms with Gasteiger partial charge in [-0.15, -0.1) is 0 Å². The summed E-state index contributed by atoms with van der Waals surface area (Å²) >= 11 is 0. The van der Waals surface area contributed by atoms with Gasteiger partial charge >= 0.3 is 0 Å². The number of hydrogen-bond donors (Lipinski definition) is 2. The molecule has 17 heavy (non-hydrogen) atoms. The molecule has 0 aromatic heterocycles. The van der Waals surface area contributed by atoms with E-state index in [0.717, 1.165) is 5.56 Å². The van der Waals surface area contributed by atoms with Crippen LogP contribution in [0.15, 0.2) is 24.3 Å². The highest BCUT2D eigenvalue weighted by atomic mass is 16.5. The molecule has 0 fully saturated rings. The average Bonchev–Trinajstić information content (AvgIpc) is 2.36. The van der Waals surface area contributed by atoms with Gasteiger partial charge in [-0.25, -0.2) is 0 Å². The maximum atomic E-state index is 11.8. The Hall–Kier alpha value is -1.39. The van der Waals surface area contributed by atoms with E-state index in [1.807, 2.05) is 26.0 Å². The summed E-state index contributed by atoms with van der Waals surface area (Å²) in [5.74, 6) is -0.0832. The van der Waals surface area contributed by atoms with E-state index in [2.05, 4.69) is 5.32 Å². The van der Waals surface area contributed by atoms with E-state index in [9.17, 15) is 4.79 Å². The molecule has 0 spiro atoms. The van der Waals surface area contributed by atoms with Crippen LogP contribution in [0.3, 0.4) is 0 Å². The van der Waals surface area contributed by atoms with Gasteiger partial charge in [0.25, 0.3) is 5.91 Å². The fourth-order valence-corrected chi connectivity index (χ4v) is 1.47. The topological polar surface area (TPSA) is 64.3 Å². The lowest BCUT2D eigenvalue weighted by Crippen LogP contribution is -2.32. The molecule has 0 bridgehead atoms. The van der Waals surface area contributed by atoms with Crippen molar-refractivity contribution < 1.29 is 9.53 Å². The Morgan fingerprint density at radius 3 is 2.59 bits per heavy atom. The Morgan fingerprint density at radius 2 is 2.06 bits per heavy atom. The van der Waals surface area contributed by atoms with Gasteiger partial charge < -0.3 is 15.8 Å². The number of nitrogens with two attached hydrogens (primary N) is 1. The molecule has 94 valence electrons. The summed E-state index contributed by atoms with van der Waals surface area (Å²) in [7, 11) is 0. The molecule has 0 saturated heterocycles. The zero-order valence-corrected chi connectivity index (χ0v) is 10.4. The normalized spacial score (nSPS) is 12.2. The van der Waals surface area contributed by atoms with Crippen molar-refractivity contribution in [2.75, 3.05) is 13.2 Å². The Balaban J connectivity index is 2.46. The SMILES string of the molecule is CCOC(C)CNC(=O)c1ccc(CN)cc1. The molecule has 1 unspecified atom stereocenters. The predicted octanol–water partition coefficient (Wildman–Crippen LogP) is 1.30. The summed E-state index contributed by atoms with van der Waals surface area (Å²) in [5, 5.41) is 2.83. The van der Waals surface area contributed by atoms with Gasteiger partial charge in [0, 0.05) is 25.3 Å². The fraction of sp³-hybridized carbons (Fsp3) is 0.462. The highest BCUT2D eigenvalue weighted by molar-refractivity contribution is 5.94. The molecule has 1 aromatic carbocycles. The molecule has 4 nitrogen and oxygen atoms in total. The van der Waals surface area contributed by atoms with Gasteiger partial charge in [-0.2, -0.15) is 0 Å². The second-order valence-corrected chi connectivity index (χ2v) is 3.88. The third-order valence-corrected chi connectivity index (χ3v) is 2.45.